The fourth-order valence-electron chi connectivity index (χ4n) is 2.69. The van der Waals surface area contributed by atoms with Gasteiger partial charge in [-0.3, -0.25) is 0 Å². The van der Waals surface area contributed by atoms with E-state index in [1.165, 1.54) is 36.9 Å². The monoisotopic (exact) mass is 375 g/mol. The summed E-state index contributed by atoms with van der Waals surface area (Å²) in [6.07, 6.45) is 6.27. The van der Waals surface area contributed by atoms with E-state index in [1.807, 2.05) is 0 Å². The molecule has 0 saturated heterocycles. The molecule has 0 radical (unpaired) electrons. The van der Waals surface area contributed by atoms with Crippen LogP contribution in [-0.4, -0.2) is 25.1 Å². The second-order valence-corrected chi connectivity index (χ2v) is 8.66. The summed E-state index contributed by atoms with van der Waals surface area (Å²) in [5, 5.41) is 0. The third-order valence-electron chi connectivity index (χ3n) is 3.51. The van der Waals surface area contributed by atoms with Crippen molar-refractivity contribution in [2.75, 3.05) is 20.6 Å². The topological polar surface area (TPSA) is 0 Å². The molecule has 8 heteroatoms. The van der Waals surface area contributed by atoms with Gasteiger partial charge in [-0.25, -0.2) is 0 Å². The van der Waals surface area contributed by atoms with Gasteiger partial charge in [0.2, 0.25) is 0 Å². The molecule has 140 valence electrons. The van der Waals surface area contributed by atoms with Gasteiger partial charge in [-0.1, -0.05) is 50.1 Å². The van der Waals surface area contributed by atoms with Crippen molar-refractivity contribution in [3.63, 3.8) is 0 Å². The number of rotatable bonds is 3. The van der Waals surface area contributed by atoms with Crippen LogP contribution in [0.2, 0.25) is 0 Å². The zero-order valence-corrected chi connectivity index (χ0v) is 15.0. The quantitative estimate of drug-likeness (QED) is 0.226. The predicted octanol–water partition coefficient (Wildman–Crippen LogP) is 7.23. The van der Waals surface area contributed by atoms with Crippen molar-refractivity contribution in [3.05, 3.63) is 41.5 Å². The van der Waals surface area contributed by atoms with Crippen LogP contribution in [0, 0.1) is 0 Å². The molecule has 0 fully saturated rings. The third-order valence-corrected chi connectivity index (χ3v) is 3.51. The Bertz CT molecular complexity index is 593. The van der Waals surface area contributed by atoms with Crippen LogP contribution in [0.15, 0.2) is 30.3 Å². The molecular formula is C16H24F6NP. The number of quaternary nitrogens is 1. The standard InChI is InChI=1S/C16H24N.F6P/c1-4-5-6-9-14-12-17(2,3)13-15-10-7-8-11-16(14)15;1-7(2,3,4,5)6/h7-11H,4-6,12-13H2,1-3H3;/q+1;-1/b14-9+;. The van der Waals surface area contributed by atoms with E-state index in [1.54, 1.807) is 5.57 Å². The molecule has 1 aromatic carbocycles. The van der Waals surface area contributed by atoms with Gasteiger partial charge in [0.15, 0.2) is 0 Å². The van der Waals surface area contributed by atoms with E-state index in [0.29, 0.717) is 0 Å². The van der Waals surface area contributed by atoms with Crippen LogP contribution in [0.4, 0.5) is 25.2 Å². The van der Waals surface area contributed by atoms with Gasteiger partial charge >= 0.3 is 33.0 Å². The summed E-state index contributed by atoms with van der Waals surface area (Å²) in [6, 6.07) is 8.89. The first-order valence-electron chi connectivity index (χ1n) is 7.73. The summed E-state index contributed by atoms with van der Waals surface area (Å²) in [5.74, 6) is 0. The molecule has 0 N–H and O–H groups in total. The number of hydrogen-bond donors (Lipinski definition) is 0. The minimum atomic E-state index is -10.7. The van der Waals surface area contributed by atoms with Crippen molar-refractivity contribution < 1.29 is 29.7 Å². The third kappa shape index (κ3) is 9.93. The summed E-state index contributed by atoms with van der Waals surface area (Å²) in [5.41, 5.74) is 4.54. The Morgan fingerprint density at radius 3 is 2.08 bits per heavy atom. The summed E-state index contributed by atoms with van der Waals surface area (Å²) in [7, 11) is -6.01. The van der Waals surface area contributed by atoms with E-state index in [2.05, 4.69) is 51.4 Å². The number of benzene rings is 1. The Morgan fingerprint density at radius 1 is 1.00 bits per heavy atom. The van der Waals surface area contributed by atoms with Gasteiger partial charge in [-0.15, -0.1) is 0 Å². The molecule has 0 bridgehead atoms. The van der Waals surface area contributed by atoms with Crippen molar-refractivity contribution in [2.45, 2.75) is 32.7 Å². The Labute approximate surface area is 138 Å². The Kier molecular flexibility index (Phi) is 5.54. The second kappa shape index (κ2) is 6.34. The van der Waals surface area contributed by atoms with Crippen molar-refractivity contribution in [1.82, 2.24) is 0 Å². The fourth-order valence-corrected chi connectivity index (χ4v) is 2.69. The van der Waals surface area contributed by atoms with Gasteiger partial charge in [0.1, 0.15) is 13.1 Å². The van der Waals surface area contributed by atoms with Gasteiger partial charge < -0.3 is 4.48 Å². The first-order chi connectivity index (χ1) is 10.6. The van der Waals surface area contributed by atoms with E-state index in [9.17, 15) is 25.2 Å². The molecule has 0 atom stereocenters. The molecule has 24 heavy (non-hydrogen) atoms. The molecule has 0 spiro atoms. The number of allylic oxidation sites excluding steroid dienone is 1. The number of halogens is 6. The summed E-state index contributed by atoms with van der Waals surface area (Å²) >= 11 is 0. The van der Waals surface area contributed by atoms with Crippen molar-refractivity contribution in [3.8, 4) is 0 Å². The molecule has 0 aliphatic carbocycles. The van der Waals surface area contributed by atoms with Gasteiger partial charge in [-0.05, 0) is 12.0 Å². The second-order valence-electron chi connectivity index (χ2n) is 6.74. The van der Waals surface area contributed by atoms with Gasteiger partial charge in [0, 0.05) is 11.1 Å². The van der Waals surface area contributed by atoms with Crippen molar-refractivity contribution >= 4 is 13.4 Å². The van der Waals surface area contributed by atoms with E-state index < -0.39 is 7.81 Å². The van der Waals surface area contributed by atoms with Crippen LogP contribution in [0.3, 0.4) is 0 Å². The number of nitrogens with zero attached hydrogens (tertiary/aromatic N) is 1. The van der Waals surface area contributed by atoms with Crippen LogP contribution in [0.5, 0.6) is 0 Å². The normalized spacial score (nSPS) is 21.1. The van der Waals surface area contributed by atoms with Crippen LogP contribution < -0.4 is 0 Å². The number of hydrogen-bond acceptors (Lipinski definition) is 0. The average molecular weight is 375 g/mol. The number of likely N-dealkylation sites (N-methyl/N-ethyl adjacent to an activating group) is 1. The van der Waals surface area contributed by atoms with E-state index in [-0.39, 0.29) is 0 Å². The molecule has 0 aromatic heterocycles. The summed E-state index contributed by atoms with van der Waals surface area (Å²) in [4.78, 5) is 0. The molecule has 1 aliphatic rings. The van der Waals surface area contributed by atoms with E-state index in [0.717, 1.165) is 11.0 Å². The van der Waals surface area contributed by atoms with Crippen LogP contribution in [0.25, 0.3) is 5.57 Å². The van der Waals surface area contributed by atoms with Crippen molar-refractivity contribution in [1.29, 1.82) is 0 Å². The van der Waals surface area contributed by atoms with Gasteiger partial charge in [0.05, 0.1) is 14.1 Å². The minimum absolute atomic E-state index is 1.08. The number of fused-ring (bicyclic) bond motifs is 1. The molecule has 0 saturated carbocycles. The van der Waals surface area contributed by atoms with Gasteiger partial charge in [0.25, 0.3) is 0 Å². The van der Waals surface area contributed by atoms with Gasteiger partial charge in [-0.2, -0.15) is 0 Å². The Hall–Kier alpha value is -1.07. The molecular weight excluding hydrogens is 351 g/mol. The fraction of sp³-hybridized carbons (Fsp3) is 0.500. The van der Waals surface area contributed by atoms with E-state index >= 15 is 0 Å². The maximum atomic E-state index is 9.87. The molecule has 1 aromatic rings. The zero-order chi connectivity index (χ0) is 18.7. The average Bonchev–Trinajstić information content (AvgIpc) is 2.34. The Morgan fingerprint density at radius 2 is 1.54 bits per heavy atom. The zero-order valence-electron chi connectivity index (χ0n) is 14.1. The SMILES string of the molecule is CCCC/C=C1\C[N+](C)(C)Cc2ccccc21.F[P-](F)(F)(F)(F)F. The van der Waals surface area contributed by atoms with Crippen molar-refractivity contribution in [2.24, 2.45) is 0 Å². The first-order valence-corrected chi connectivity index (χ1v) is 9.76. The maximum absolute atomic E-state index is 10.7. The summed E-state index contributed by atoms with van der Waals surface area (Å²) in [6.45, 7) is 4.58. The molecule has 1 nitrogen and oxygen atoms in total. The first kappa shape index (κ1) is 21.0. The molecule has 1 aliphatic heterocycles. The molecule has 0 unspecified atom stereocenters. The molecule has 2 rings (SSSR count). The van der Waals surface area contributed by atoms with E-state index in [4.69, 9.17) is 0 Å². The van der Waals surface area contributed by atoms with Crippen LogP contribution in [-0.2, 0) is 6.54 Å². The predicted molar refractivity (Wildman–Crippen MR) is 88.2 cm³/mol. The van der Waals surface area contributed by atoms with Crippen LogP contribution in [0.1, 0.15) is 37.3 Å². The molecule has 0 amide bonds. The Balaban J connectivity index is 0.000000351. The molecule has 1 heterocycles. The number of unbranched alkanes of at least 4 members (excludes halogenated alkanes) is 2. The van der Waals surface area contributed by atoms with Crippen LogP contribution >= 0.6 is 7.81 Å². The summed E-state index contributed by atoms with van der Waals surface area (Å²) < 4.78 is 60.3.